The van der Waals surface area contributed by atoms with Gasteiger partial charge in [0, 0.05) is 24.6 Å². The van der Waals surface area contributed by atoms with E-state index in [9.17, 15) is 9.18 Å². The lowest BCUT2D eigenvalue weighted by Crippen LogP contribution is -2.40. The lowest BCUT2D eigenvalue weighted by molar-refractivity contribution is -0.130. The number of amides is 1. The van der Waals surface area contributed by atoms with Gasteiger partial charge in [-0.25, -0.2) is 4.39 Å². The first kappa shape index (κ1) is 18.9. The topological polar surface area (TPSA) is 29.5 Å². The van der Waals surface area contributed by atoms with Gasteiger partial charge >= 0.3 is 0 Å². The fraction of sp³-hybridized carbons (Fsp3) is 0.381. The van der Waals surface area contributed by atoms with E-state index in [1.165, 1.54) is 29.5 Å². The van der Waals surface area contributed by atoms with Crippen LogP contribution in [0.5, 0.6) is 0 Å². The highest BCUT2D eigenvalue weighted by Crippen LogP contribution is 2.22. The van der Waals surface area contributed by atoms with Gasteiger partial charge in [0.1, 0.15) is 5.82 Å². The fourth-order valence-electron chi connectivity index (χ4n) is 3.03. The van der Waals surface area contributed by atoms with Gasteiger partial charge in [0.05, 0.1) is 12.4 Å². The lowest BCUT2D eigenvalue weighted by atomic mass is 9.98. The summed E-state index contributed by atoms with van der Waals surface area (Å²) in [6, 6.07) is 16.5. The summed E-state index contributed by atoms with van der Waals surface area (Å²) >= 11 is 1.46. The van der Waals surface area contributed by atoms with Crippen molar-refractivity contribution in [3.8, 4) is 0 Å². The molecule has 0 atom stereocenters. The summed E-state index contributed by atoms with van der Waals surface area (Å²) in [6.45, 7) is 2.99. The zero-order valence-corrected chi connectivity index (χ0v) is 15.6. The molecule has 0 unspecified atom stereocenters. The molecule has 0 radical (unpaired) electrons. The molecule has 1 amide bonds. The number of likely N-dealkylation sites (tertiary alicyclic amines) is 1. The van der Waals surface area contributed by atoms with Crippen molar-refractivity contribution in [3.05, 3.63) is 66.0 Å². The minimum absolute atomic E-state index is 0.156. The number of carbonyl (C=O) groups excluding carboxylic acids is 1. The van der Waals surface area contributed by atoms with Gasteiger partial charge in [-0.15, -0.1) is 11.8 Å². The van der Waals surface area contributed by atoms with Crippen molar-refractivity contribution in [1.82, 2.24) is 4.90 Å². The van der Waals surface area contributed by atoms with Gasteiger partial charge in [0.15, 0.2) is 0 Å². The van der Waals surface area contributed by atoms with Crippen LogP contribution < -0.4 is 0 Å². The van der Waals surface area contributed by atoms with Gasteiger partial charge < -0.3 is 9.64 Å². The van der Waals surface area contributed by atoms with Crippen molar-refractivity contribution in [1.29, 1.82) is 0 Å². The van der Waals surface area contributed by atoms with Crippen molar-refractivity contribution in [2.75, 3.05) is 25.4 Å². The Morgan fingerprint density at radius 3 is 2.46 bits per heavy atom. The number of piperidine rings is 1. The smallest absolute Gasteiger partial charge is 0.232 e. The predicted molar refractivity (Wildman–Crippen MR) is 103 cm³/mol. The van der Waals surface area contributed by atoms with Crippen LogP contribution in [0.15, 0.2) is 59.5 Å². The van der Waals surface area contributed by atoms with Gasteiger partial charge in [-0.1, -0.05) is 30.3 Å². The quantitative estimate of drug-likeness (QED) is 0.675. The Labute approximate surface area is 158 Å². The van der Waals surface area contributed by atoms with E-state index < -0.39 is 0 Å². The highest BCUT2D eigenvalue weighted by atomic mass is 32.2. The van der Waals surface area contributed by atoms with Crippen LogP contribution in [-0.2, 0) is 16.1 Å². The van der Waals surface area contributed by atoms with Crippen molar-refractivity contribution >= 4 is 17.7 Å². The molecule has 1 saturated heterocycles. The minimum atomic E-state index is -0.253. The minimum Gasteiger partial charge on any atom is -0.376 e. The van der Waals surface area contributed by atoms with Crippen molar-refractivity contribution in [3.63, 3.8) is 0 Å². The van der Waals surface area contributed by atoms with Crippen molar-refractivity contribution in [2.45, 2.75) is 24.3 Å². The number of carbonyl (C=O) groups is 1. The normalized spacial score (nSPS) is 15.2. The first-order valence-electron chi connectivity index (χ1n) is 8.98. The molecule has 2 aromatic rings. The number of halogens is 1. The molecule has 0 bridgehead atoms. The van der Waals surface area contributed by atoms with E-state index in [1.54, 1.807) is 12.1 Å². The highest BCUT2D eigenvalue weighted by Gasteiger charge is 2.22. The Morgan fingerprint density at radius 2 is 1.77 bits per heavy atom. The number of ether oxygens (including phenoxy) is 1. The summed E-state index contributed by atoms with van der Waals surface area (Å²) in [5, 5.41) is 0. The summed E-state index contributed by atoms with van der Waals surface area (Å²) in [5.41, 5.74) is 1.19. The van der Waals surface area contributed by atoms with E-state index in [0.29, 0.717) is 18.3 Å². The predicted octanol–water partition coefficient (Wildman–Crippen LogP) is 4.37. The average molecular weight is 373 g/mol. The number of benzene rings is 2. The molecule has 5 heteroatoms. The van der Waals surface area contributed by atoms with E-state index in [2.05, 4.69) is 12.1 Å². The molecule has 0 aromatic heterocycles. The van der Waals surface area contributed by atoms with Crippen LogP contribution >= 0.6 is 11.8 Å². The Balaban J connectivity index is 1.33. The third kappa shape index (κ3) is 5.85. The van der Waals surface area contributed by atoms with E-state index in [-0.39, 0.29) is 11.7 Å². The van der Waals surface area contributed by atoms with Gasteiger partial charge in [-0.05, 0) is 48.6 Å². The van der Waals surface area contributed by atoms with Gasteiger partial charge in [-0.2, -0.15) is 0 Å². The molecule has 3 nitrogen and oxygen atoms in total. The number of nitrogens with zero attached hydrogens (tertiary/aromatic N) is 1. The maximum absolute atomic E-state index is 12.9. The van der Waals surface area contributed by atoms with Crippen molar-refractivity contribution < 1.29 is 13.9 Å². The molecule has 1 aliphatic rings. The summed E-state index contributed by atoms with van der Waals surface area (Å²) in [4.78, 5) is 15.2. The third-order valence-corrected chi connectivity index (χ3v) is 5.61. The number of hydrogen-bond acceptors (Lipinski definition) is 3. The summed E-state index contributed by atoms with van der Waals surface area (Å²) in [6.07, 6.45) is 1.98. The third-order valence-electron chi connectivity index (χ3n) is 4.61. The van der Waals surface area contributed by atoms with E-state index >= 15 is 0 Å². The number of thioether (sulfide) groups is 1. The van der Waals surface area contributed by atoms with E-state index in [0.717, 1.165) is 37.4 Å². The molecular weight excluding hydrogens is 349 g/mol. The molecule has 2 aromatic carbocycles. The Bertz CT molecular complexity index is 685. The number of rotatable bonds is 7. The van der Waals surface area contributed by atoms with Crippen LogP contribution in [0.4, 0.5) is 4.39 Å². The summed E-state index contributed by atoms with van der Waals surface area (Å²) in [5.74, 6) is 0.827. The Morgan fingerprint density at radius 1 is 1.08 bits per heavy atom. The second-order valence-corrected chi connectivity index (χ2v) is 7.62. The van der Waals surface area contributed by atoms with Crippen LogP contribution in [0.25, 0.3) is 0 Å². The lowest BCUT2D eigenvalue weighted by Gasteiger charge is -2.32. The summed E-state index contributed by atoms with van der Waals surface area (Å²) in [7, 11) is 0. The molecule has 138 valence electrons. The van der Waals surface area contributed by atoms with E-state index in [1.807, 2.05) is 23.1 Å². The highest BCUT2D eigenvalue weighted by molar-refractivity contribution is 8.00. The molecule has 0 saturated carbocycles. The Kier molecular flexibility index (Phi) is 7.09. The van der Waals surface area contributed by atoms with Gasteiger partial charge in [-0.3, -0.25) is 4.79 Å². The molecular formula is C21H24FNO2S. The molecule has 0 spiro atoms. The van der Waals surface area contributed by atoms with Gasteiger partial charge in [0.2, 0.25) is 5.91 Å². The molecule has 0 aliphatic carbocycles. The molecule has 1 fully saturated rings. The second kappa shape index (κ2) is 9.74. The van der Waals surface area contributed by atoms with Crippen molar-refractivity contribution in [2.24, 2.45) is 5.92 Å². The number of hydrogen-bond donors (Lipinski definition) is 0. The first-order chi connectivity index (χ1) is 12.7. The SMILES string of the molecule is O=C(CSc1ccc(F)cc1)N1CCC(COCc2ccccc2)CC1. The maximum Gasteiger partial charge on any atom is 0.232 e. The molecule has 1 aliphatic heterocycles. The standard InChI is InChI=1S/C21H24FNO2S/c22-19-6-8-20(9-7-19)26-16-21(24)23-12-10-18(11-13-23)15-25-14-17-4-2-1-3-5-17/h1-9,18H,10-16H2. The second-order valence-electron chi connectivity index (χ2n) is 6.57. The van der Waals surface area contributed by atoms with Crippen LogP contribution in [0.2, 0.25) is 0 Å². The summed E-state index contributed by atoms with van der Waals surface area (Å²) < 4.78 is 18.7. The zero-order valence-electron chi connectivity index (χ0n) is 14.8. The maximum atomic E-state index is 12.9. The van der Waals surface area contributed by atoms with Crippen LogP contribution in [0, 0.1) is 11.7 Å². The van der Waals surface area contributed by atoms with Gasteiger partial charge in [0.25, 0.3) is 0 Å². The van der Waals surface area contributed by atoms with E-state index in [4.69, 9.17) is 4.74 Å². The molecule has 3 rings (SSSR count). The molecule has 1 heterocycles. The largest absolute Gasteiger partial charge is 0.376 e. The van der Waals surface area contributed by atoms with Crippen LogP contribution in [0.3, 0.4) is 0 Å². The fourth-order valence-corrected chi connectivity index (χ4v) is 3.84. The zero-order chi connectivity index (χ0) is 18.2. The Hall–Kier alpha value is -1.85. The molecule has 0 N–H and O–H groups in total. The molecule has 26 heavy (non-hydrogen) atoms. The van der Waals surface area contributed by atoms with Crippen LogP contribution in [-0.4, -0.2) is 36.3 Å². The average Bonchev–Trinajstić information content (AvgIpc) is 2.69. The monoisotopic (exact) mass is 373 g/mol. The van der Waals surface area contributed by atoms with Crippen LogP contribution in [0.1, 0.15) is 18.4 Å². The first-order valence-corrected chi connectivity index (χ1v) is 9.97.